The van der Waals surface area contributed by atoms with Gasteiger partial charge in [-0.3, -0.25) is 4.79 Å². The zero-order valence-corrected chi connectivity index (χ0v) is 12.1. The first-order valence-electron chi connectivity index (χ1n) is 7.84. The number of hydrogen-bond donors (Lipinski definition) is 1. The predicted molar refractivity (Wildman–Crippen MR) is 76.9 cm³/mol. The first-order valence-corrected chi connectivity index (χ1v) is 7.84. The third-order valence-corrected chi connectivity index (χ3v) is 4.37. The molecule has 1 saturated carbocycles. The molecule has 2 aliphatic rings. The summed E-state index contributed by atoms with van der Waals surface area (Å²) in [5, 5.41) is 3.68. The average molecular weight is 265 g/mol. The summed E-state index contributed by atoms with van der Waals surface area (Å²) >= 11 is 0. The Kier molecular flexibility index (Phi) is 5.90. The summed E-state index contributed by atoms with van der Waals surface area (Å²) in [4.78, 5) is 11.8. The molecular weight excluding hydrogens is 238 g/mol. The van der Waals surface area contributed by atoms with Crippen molar-refractivity contribution in [2.24, 2.45) is 11.8 Å². The van der Waals surface area contributed by atoms with Crippen LogP contribution in [0.5, 0.6) is 0 Å². The van der Waals surface area contributed by atoms with E-state index in [1.165, 1.54) is 25.7 Å². The number of carbonyl (C=O) groups excluding carboxylic acids is 1. The Bertz CT molecular complexity index is 314. The van der Waals surface area contributed by atoms with Crippen LogP contribution in [0.3, 0.4) is 0 Å². The standard InChI is InChI=1S/C16H27NO2/c1-2-19-16(18)14-9-6-10-15(11-14)17-12-13-7-4-3-5-8-13/h3-4,13-15,17H,2,5-12H2,1H3. The number of allylic oxidation sites excluding steroid dienone is 2. The summed E-state index contributed by atoms with van der Waals surface area (Å²) < 4.78 is 5.15. The SMILES string of the molecule is CCOC(=O)C1CCCC(NCC2CC=CCC2)C1. The Morgan fingerprint density at radius 2 is 2.21 bits per heavy atom. The molecule has 1 fully saturated rings. The van der Waals surface area contributed by atoms with E-state index in [0.29, 0.717) is 12.6 Å². The molecule has 2 aliphatic carbocycles. The first kappa shape index (κ1) is 14.6. The molecule has 3 nitrogen and oxygen atoms in total. The van der Waals surface area contributed by atoms with Gasteiger partial charge in [-0.25, -0.2) is 0 Å². The molecule has 0 aliphatic heterocycles. The molecule has 0 amide bonds. The van der Waals surface area contributed by atoms with Crippen molar-refractivity contribution in [1.82, 2.24) is 5.32 Å². The van der Waals surface area contributed by atoms with Crippen LogP contribution in [0.1, 0.15) is 51.9 Å². The van der Waals surface area contributed by atoms with Crippen LogP contribution in [0, 0.1) is 11.8 Å². The van der Waals surface area contributed by atoms with Gasteiger partial charge in [0.1, 0.15) is 0 Å². The predicted octanol–water partition coefficient (Wildman–Crippen LogP) is 3.05. The second-order valence-electron chi connectivity index (χ2n) is 5.87. The summed E-state index contributed by atoms with van der Waals surface area (Å²) in [7, 11) is 0. The van der Waals surface area contributed by atoms with Crippen LogP contribution in [-0.2, 0) is 9.53 Å². The number of carbonyl (C=O) groups is 1. The van der Waals surface area contributed by atoms with Gasteiger partial charge >= 0.3 is 5.97 Å². The maximum absolute atomic E-state index is 11.8. The smallest absolute Gasteiger partial charge is 0.308 e. The van der Waals surface area contributed by atoms with Crippen LogP contribution in [0.15, 0.2) is 12.2 Å². The maximum Gasteiger partial charge on any atom is 0.308 e. The molecule has 3 atom stereocenters. The van der Waals surface area contributed by atoms with E-state index >= 15 is 0 Å². The molecule has 0 spiro atoms. The highest BCUT2D eigenvalue weighted by molar-refractivity contribution is 5.72. The van der Waals surface area contributed by atoms with Crippen LogP contribution < -0.4 is 5.32 Å². The highest BCUT2D eigenvalue weighted by atomic mass is 16.5. The number of esters is 1. The molecule has 19 heavy (non-hydrogen) atoms. The van der Waals surface area contributed by atoms with Gasteiger partial charge in [0.05, 0.1) is 12.5 Å². The number of rotatable bonds is 5. The highest BCUT2D eigenvalue weighted by Crippen LogP contribution is 2.26. The third kappa shape index (κ3) is 4.64. The van der Waals surface area contributed by atoms with E-state index in [0.717, 1.165) is 31.7 Å². The van der Waals surface area contributed by atoms with Crippen LogP contribution in [0.4, 0.5) is 0 Å². The van der Waals surface area contributed by atoms with E-state index in [1.807, 2.05) is 6.92 Å². The summed E-state index contributed by atoms with van der Waals surface area (Å²) in [6.45, 7) is 3.49. The zero-order chi connectivity index (χ0) is 13.5. The van der Waals surface area contributed by atoms with Gasteiger partial charge < -0.3 is 10.1 Å². The molecule has 0 aromatic heterocycles. The zero-order valence-electron chi connectivity index (χ0n) is 12.1. The molecule has 0 saturated heterocycles. The molecule has 0 bridgehead atoms. The number of ether oxygens (including phenoxy) is 1. The molecule has 0 aromatic rings. The van der Waals surface area contributed by atoms with Gasteiger partial charge in [0, 0.05) is 6.04 Å². The van der Waals surface area contributed by atoms with E-state index in [4.69, 9.17) is 4.74 Å². The second kappa shape index (κ2) is 7.68. The lowest BCUT2D eigenvalue weighted by Crippen LogP contribution is -2.39. The van der Waals surface area contributed by atoms with Crippen molar-refractivity contribution < 1.29 is 9.53 Å². The van der Waals surface area contributed by atoms with Gasteiger partial charge in [0.2, 0.25) is 0 Å². The summed E-state index contributed by atoms with van der Waals surface area (Å²) in [6, 6.07) is 0.508. The van der Waals surface area contributed by atoms with E-state index in [-0.39, 0.29) is 11.9 Å². The van der Waals surface area contributed by atoms with Gasteiger partial charge in [0.25, 0.3) is 0 Å². The number of hydrogen-bond acceptors (Lipinski definition) is 3. The molecule has 2 rings (SSSR count). The van der Waals surface area contributed by atoms with Crippen molar-refractivity contribution in [1.29, 1.82) is 0 Å². The molecule has 3 unspecified atom stereocenters. The molecular formula is C16H27NO2. The van der Waals surface area contributed by atoms with Crippen LogP contribution in [0.2, 0.25) is 0 Å². The Morgan fingerprint density at radius 3 is 2.95 bits per heavy atom. The topological polar surface area (TPSA) is 38.3 Å². The highest BCUT2D eigenvalue weighted by Gasteiger charge is 2.28. The van der Waals surface area contributed by atoms with E-state index in [2.05, 4.69) is 17.5 Å². The Hall–Kier alpha value is -0.830. The molecule has 0 radical (unpaired) electrons. The summed E-state index contributed by atoms with van der Waals surface area (Å²) in [5.74, 6) is 0.917. The van der Waals surface area contributed by atoms with E-state index in [1.54, 1.807) is 0 Å². The minimum Gasteiger partial charge on any atom is -0.466 e. The Morgan fingerprint density at radius 1 is 1.32 bits per heavy atom. The van der Waals surface area contributed by atoms with Crippen molar-refractivity contribution in [3.8, 4) is 0 Å². The van der Waals surface area contributed by atoms with Crippen molar-refractivity contribution in [2.45, 2.75) is 57.9 Å². The molecule has 3 heteroatoms. The lowest BCUT2D eigenvalue weighted by molar-refractivity contribution is -0.149. The minimum atomic E-state index is 0.00889. The van der Waals surface area contributed by atoms with Gasteiger partial charge in [0.15, 0.2) is 0 Å². The lowest BCUT2D eigenvalue weighted by Gasteiger charge is -2.30. The minimum absolute atomic E-state index is 0.00889. The third-order valence-electron chi connectivity index (χ3n) is 4.37. The van der Waals surface area contributed by atoms with Crippen LogP contribution in [0.25, 0.3) is 0 Å². The fraction of sp³-hybridized carbons (Fsp3) is 0.812. The van der Waals surface area contributed by atoms with Gasteiger partial charge in [-0.15, -0.1) is 0 Å². The Balaban J connectivity index is 1.71. The Labute approximate surface area is 116 Å². The van der Waals surface area contributed by atoms with E-state index in [9.17, 15) is 4.79 Å². The van der Waals surface area contributed by atoms with Gasteiger partial charge in [-0.1, -0.05) is 18.6 Å². The first-order chi connectivity index (χ1) is 9.29. The molecule has 0 heterocycles. The largest absolute Gasteiger partial charge is 0.466 e. The number of nitrogens with one attached hydrogen (secondary N) is 1. The van der Waals surface area contributed by atoms with Crippen molar-refractivity contribution in [3.63, 3.8) is 0 Å². The fourth-order valence-electron chi connectivity index (χ4n) is 3.22. The van der Waals surface area contributed by atoms with Gasteiger partial charge in [-0.2, -0.15) is 0 Å². The molecule has 1 N–H and O–H groups in total. The van der Waals surface area contributed by atoms with Crippen LogP contribution >= 0.6 is 0 Å². The van der Waals surface area contributed by atoms with Crippen LogP contribution in [-0.4, -0.2) is 25.2 Å². The van der Waals surface area contributed by atoms with Crippen molar-refractivity contribution in [3.05, 3.63) is 12.2 Å². The normalized spacial score (nSPS) is 31.1. The maximum atomic E-state index is 11.8. The fourth-order valence-corrected chi connectivity index (χ4v) is 3.22. The van der Waals surface area contributed by atoms with Gasteiger partial charge in [-0.05, 0) is 57.9 Å². The average Bonchev–Trinajstić information content (AvgIpc) is 2.47. The summed E-state index contributed by atoms with van der Waals surface area (Å²) in [6.07, 6.45) is 12.6. The van der Waals surface area contributed by atoms with Crippen molar-refractivity contribution in [2.75, 3.05) is 13.2 Å². The molecule has 108 valence electrons. The van der Waals surface area contributed by atoms with Crippen molar-refractivity contribution >= 4 is 5.97 Å². The summed E-state index contributed by atoms with van der Waals surface area (Å²) in [5.41, 5.74) is 0. The molecule has 0 aromatic carbocycles. The quantitative estimate of drug-likeness (QED) is 0.613. The van der Waals surface area contributed by atoms with E-state index < -0.39 is 0 Å². The lowest BCUT2D eigenvalue weighted by atomic mass is 9.85. The second-order valence-corrected chi connectivity index (χ2v) is 5.87. The monoisotopic (exact) mass is 265 g/mol.